The lowest BCUT2D eigenvalue weighted by atomic mass is 10.1. The Bertz CT molecular complexity index is 693. The van der Waals surface area contributed by atoms with Crippen molar-refractivity contribution in [1.29, 1.82) is 0 Å². The molecule has 1 aromatic rings. The summed E-state index contributed by atoms with van der Waals surface area (Å²) in [6.07, 6.45) is 1.14. The van der Waals surface area contributed by atoms with Crippen LogP contribution in [0.2, 0.25) is 10.0 Å². The molecule has 6 nitrogen and oxygen atoms in total. The van der Waals surface area contributed by atoms with Crippen LogP contribution in [0.4, 0.5) is 0 Å². The van der Waals surface area contributed by atoms with E-state index in [1.807, 2.05) is 0 Å². The molecule has 1 N–H and O–H groups in total. The lowest BCUT2D eigenvalue weighted by Crippen LogP contribution is -2.46. The van der Waals surface area contributed by atoms with Crippen LogP contribution in [0.1, 0.15) is 30.1 Å². The second kappa shape index (κ2) is 7.91. The van der Waals surface area contributed by atoms with Gasteiger partial charge in [0, 0.05) is 24.7 Å². The van der Waals surface area contributed by atoms with Crippen LogP contribution in [0.3, 0.4) is 0 Å². The third-order valence-corrected chi connectivity index (χ3v) is 6.45. The molecular weight excluding hydrogens is 375 g/mol. The molecule has 1 aliphatic heterocycles. The van der Waals surface area contributed by atoms with E-state index in [2.05, 4.69) is 5.32 Å². The van der Waals surface area contributed by atoms with Gasteiger partial charge in [0.05, 0.1) is 22.9 Å². The van der Waals surface area contributed by atoms with Gasteiger partial charge in [-0.1, -0.05) is 23.2 Å². The summed E-state index contributed by atoms with van der Waals surface area (Å²) in [6.45, 7) is 2.44. The number of piperidine rings is 1. The molecule has 0 aliphatic carbocycles. The van der Waals surface area contributed by atoms with Gasteiger partial charge in [0.15, 0.2) is 5.75 Å². The van der Waals surface area contributed by atoms with Crippen molar-refractivity contribution in [3.63, 3.8) is 0 Å². The van der Waals surface area contributed by atoms with Crippen LogP contribution < -0.4 is 10.1 Å². The zero-order chi connectivity index (χ0) is 17.9. The van der Waals surface area contributed by atoms with Gasteiger partial charge in [0.1, 0.15) is 0 Å². The van der Waals surface area contributed by atoms with E-state index < -0.39 is 10.0 Å². The van der Waals surface area contributed by atoms with Crippen LogP contribution in [-0.4, -0.2) is 50.6 Å². The van der Waals surface area contributed by atoms with Crippen molar-refractivity contribution in [2.75, 3.05) is 26.0 Å². The molecule has 0 bridgehead atoms. The summed E-state index contributed by atoms with van der Waals surface area (Å²) in [4.78, 5) is 12.4. The normalized spacial score (nSPS) is 16.8. The number of hydrogen-bond donors (Lipinski definition) is 1. The topological polar surface area (TPSA) is 75.7 Å². The Balaban J connectivity index is 1.99. The SMILES string of the molecule is CCS(=O)(=O)N1CCC(NC(=O)c2cc(Cl)c(OC)c(Cl)c2)CC1. The van der Waals surface area contributed by atoms with Crippen LogP contribution in [0.15, 0.2) is 12.1 Å². The fraction of sp³-hybridized carbons (Fsp3) is 0.533. The summed E-state index contributed by atoms with van der Waals surface area (Å²) in [6, 6.07) is 2.91. The molecule has 0 radical (unpaired) electrons. The van der Waals surface area contributed by atoms with Crippen LogP contribution in [0, 0.1) is 0 Å². The van der Waals surface area contributed by atoms with Gasteiger partial charge in [-0.15, -0.1) is 0 Å². The predicted octanol–water partition coefficient (Wildman–Crippen LogP) is 2.55. The molecule has 24 heavy (non-hydrogen) atoms. The number of hydrogen-bond acceptors (Lipinski definition) is 4. The lowest BCUT2D eigenvalue weighted by Gasteiger charge is -2.31. The molecule has 0 spiro atoms. The summed E-state index contributed by atoms with van der Waals surface area (Å²) in [7, 11) is -1.72. The number of nitrogens with zero attached hydrogens (tertiary/aromatic N) is 1. The zero-order valence-corrected chi connectivity index (χ0v) is 15.8. The first-order chi connectivity index (χ1) is 11.3. The minimum absolute atomic E-state index is 0.0829. The molecule has 1 heterocycles. The van der Waals surface area contributed by atoms with E-state index in [1.54, 1.807) is 6.92 Å². The second-order valence-electron chi connectivity index (χ2n) is 5.52. The maximum atomic E-state index is 12.4. The molecule has 134 valence electrons. The Kier molecular flexibility index (Phi) is 6.36. The standard InChI is InChI=1S/C15H20Cl2N2O4S/c1-3-24(21,22)19-6-4-11(5-7-19)18-15(20)10-8-12(16)14(23-2)13(17)9-10/h8-9,11H,3-7H2,1-2H3,(H,18,20). The third kappa shape index (κ3) is 4.33. The molecule has 1 fully saturated rings. The highest BCUT2D eigenvalue weighted by atomic mass is 35.5. The van der Waals surface area contributed by atoms with Gasteiger partial charge in [0.2, 0.25) is 10.0 Å². The van der Waals surface area contributed by atoms with Crippen molar-refractivity contribution in [1.82, 2.24) is 9.62 Å². The molecule has 0 unspecified atom stereocenters. The molecule has 9 heteroatoms. The van der Waals surface area contributed by atoms with E-state index in [0.29, 0.717) is 37.2 Å². The molecule has 1 amide bonds. The van der Waals surface area contributed by atoms with Crippen LogP contribution in [0.5, 0.6) is 5.75 Å². The molecule has 1 aliphatic rings. The summed E-state index contributed by atoms with van der Waals surface area (Å²) < 4.78 is 30.2. The molecule has 2 rings (SSSR count). The van der Waals surface area contributed by atoms with Gasteiger partial charge < -0.3 is 10.1 Å². The average molecular weight is 395 g/mol. The third-order valence-electron chi connectivity index (χ3n) is 4.01. The number of carbonyl (C=O) groups is 1. The van der Waals surface area contributed by atoms with E-state index in [-0.39, 0.29) is 27.7 Å². The fourth-order valence-electron chi connectivity index (χ4n) is 2.62. The van der Waals surface area contributed by atoms with Gasteiger partial charge in [-0.05, 0) is 31.9 Å². The number of amides is 1. The van der Waals surface area contributed by atoms with E-state index in [9.17, 15) is 13.2 Å². The number of benzene rings is 1. The smallest absolute Gasteiger partial charge is 0.251 e. The summed E-state index contributed by atoms with van der Waals surface area (Å²) in [5, 5.41) is 3.42. The monoisotopic (exact) mass is 394 g/mol. The number of carbonyl (C=O) groups excluding carboxylic acids is 1. The quantitative estimate of drug-likeness (QED) is 0.832. The van der Waals surface area contributed by atoms with E-state index in [1.165, 1.54) is 23.5 Å². The van der Waals surface area contributed by atoms with Gasteiger partial charge in [-0.2, -0.15) is 0 Å². The number of methoxy groups -OCH3 is 1. The van der Waals surface area contributed by atoms with Crippen LogP contribution in [-0.2, 0) is 10.0 Å². The minimum Gasteiger partial charge on any atom is -0.494 e. The molecule has 0 atom stereocenters. The molecule has 0 saturated carbocycles. The maximum absolute atomic E-state index is 12.4. The van der Waals surface area contributed by atoms with E-state index in [4.69, 9.17) is 27.9 Å². The van der Waals surface area contributed by atoms with Crippen molar-refractivity contribution >= 4 is 39.1 Å². The summed E-state index contributed by atoms with van der Waals surface area (Å²) in [5.74, 6) is 0.124. The minimum atomic E-state index is -3.17. The molecular formula is C15H20Cl2N2O4S. The largest absolute Gasteiger partial charge is 0.494 e. The second-order valence-corrected chi connectivity index (χ2v) is 8.59. The Hall–Kier alpha value is -1.02. The zero-order valence-electron chi connectivity index (χ0n) is 13.5. The van der Waals surface area contributed by atoms with Crippen LogP contribution >= 0.6 is 23.2 Å². The van der Waals surface area contributed by atoms with Gasteiger partial charge in [0.25, 0.3) is 5.91 Å². The molecule has 1 aromatic carbocycles. The van der Waals surface area contributed by atoms with Crippen LogP contribution in [0.25, 0.3) is 0 Å². The highest BCUT2D eigenvalue weighted by Gasteiger charge is 2.27. The molecule has 0 aromatic heterocycles. The summed E-state index contributed by atoms with van der Waals surface area (Å²) in [5.41, 5.74) is 0.342. The van der Waals surface area contributed by atoms with E-state index in [0.717, 1.165) is 0 Å². The number of ether oxygens (including phenoxy) is 1. The van der Waals surface area contributed by atoms with Gasteiger partial charge in [-0.25, -0.2) is 12.7 Å². The number of rotatable bonds is 5. The van der Waals surface area contributed by atoms with Crippen molar-refractivity contribution in [2.24, 2.45) is 0 Å². The first kappa shape index (κ1) is 19.3. The Labute approximate surface area is 152 Å². The average Bonchev–Trinajstić information content (AvgIpc) is 2.55. The van der Waals surface area contributed by atoms with E-state index >= 15 is 0 Å². The number of sulfonamides is 1. The Morgan fingerprint density at radius 2 is 1.83 bits per heavy atom. The van der Waals surface area contributed by atoms with Crippen molar-refractivity contribution < 1.29 is 17.9 Å². The Morgan fingerprint density at radius 3 is 2.29 bits per heavy atom. The number of halogens is 2. The maximum Gasteiger partial charge on any atom is 0.251 e. The van der Waals surface area contributed by atoms with Gasteiger partial charge in [-0.3, -0.25) is 4.79 Å². The van der Waals surface area contributed by atoms with Crippen molar-refractivity contribution in [2.45, 2.75) is 25.8 Å². The lowest BCUT2D eigenvalue weighted by molar-refractivity contribution is 0.0924. The van der Waals surface area contributed by atoms with Crippen molar-refractivity contribution in [3.8, 4) is 5.75 Å². The summed E-state index contributed by atoms with van der Waals surface area (Å²) >= 11 is 12.1. The first-order valence-corrected chi connectivity index (χ1v) is 9.96. The number of nitrogens with one attached hydrogen (secondary N) is 1. The highest BCUT2D eigenvalue weighted by Crippen LogP contribution is 2.33. The predicted molar refractivity (Wildman–Crippen MR) is 94.5 cm³/mol. The van der Waals surface area contributed by atoms with Crippen molar-refractivity contribution in [3.05, 3.63) is 27.7 Å². The first-order valence-electron chi connectivity index (χ1n) is 7.60. The fourth-order valence-corrected chi connectivity index (χ4v) is 4.39. The van der Waals surface area contributed by atoms with Gasteiger partial charge >= 0.3 is 0 Å². The highest BCUT2D eigenvalue weighted by molar-refractivity contribution is 7.89. The molecule has 1 saturated heterocycles. The Morgan fingerprint density at radius 1 is 1.29 bits per heavy atom.